The predicted molar refractivity (Wildman–Crippen MR) is 87.5 cm³/mol. The van der Waals surface area contributed by atoms with Gasteiger partial charge in [-0.2, -0.15) is 0 Å². The normalized spacial score (nSPS) is 19.8. The Morgan fingerprint density at radius 2 is 2.05 bits per heavy atom. The van der Waals surface area contributed by atoms with Crippen molar-refractivity contribution in [1.82, 2.24) is 9.62 Å². The molecule has 0 radical (unpaired) electrons. The van der Waals surface area contributed by atoms with Gasteiger partial charge in [-0.05, 0) is 19.4 Å². The van der Waals surface area contributed by atoms with E-state index in [4.69, 9.17) is 0 Å². The summed E-state index contributed by atoms with van der Waals surface area (Å²) in [6.07, 6.45) is 0.927. The van der Waals surface area contributed by atoms with E-state index in [1.807, 2.05) is 31.2 Å². The third-order valence-corrected chi connectivity index (χ3v) is 6.85. The highest BCUT2D eigenvalue weighted by Crippen LogP contribution is 2.34. The highest BCUT2D eigenvalue weighted by Gasteiger charge is 2.29. The van der Waals surface area contributed by atoms with E-state index in [9.17, 15) is 13.2 Å². The van der Waals surface area contributed by atoms with Crippen LogP contribution in [0.25, 0.3) is 10.1 Å². The monoisotopic (exact) mass is 338 g/mol. The van der Waals surface area contributed by atoms with Gasteiger partial charge in [-0.25, -0.2) is 13.1 Å². The van der Waals surface area contributed by atoms with Gasteiger partial charge in [0.25, 0.3) is 0 Å². The zero-order valence-corrected chi connectivity index (χ0v) is 14.1. The Bertz CT molecular complexity index is 826. The second-order valence-electron chi connectivity index (χ2n) is 5.61. The van der Waals surface area contributed by atoms with E-state index in [-0.39, 0.29) is 11.9 Å². The number of hydrogen-bond donors (Lipinski definition) is 1. The van der Waals surface area contributed by atoms with Crippen LogP contribution in [0.3, 0.4) is 0 Å². The van der Waals surface area contributed by atoms with Crippen LogP contribution >= 0.6 is 11.3 Å². The second kappa shape index (κ2) is 5.64. The number of fused-ring (bicyclic) bond motifs is 1. The van der Waals surface area contributed by atoms with Gasteiger partial charge in [0.15, 0.2) is 0 Å². The Balaban J connectivity index is 1.92. The number of rotatable bonds is 3. The molecule has 7 heteroatoms. The zero-order chi connectivity index (χ0) is 15.9. The van der Waals surface area contributed by atoms with Crippen LogP contribution in [-0.4, -0.2) is 38.9 Å². The molecule has 1 amide bonds. The molecule has 0 saturated carbocycles. The van der Waals surface area contributed by atoms with Gasteiger partial charge >= 0.3 is 0 Å². The van der Waals surface area contributed by atoms with Crippen LogP contribution in [0.5, 0.6) is 0 Å². The molecule has 0 spiro atoms. The van der Waals surface area contributed by atoms with Gasteiger partial charge in [0.2, 0.25) is 15.9 Å². The van der Waals surface area contributed by atoms with Crippen LogP contribution in [0.1, 0.15) is 17.7 Å². The number of likely N-dealkylation sites (N-methyl/N-ethyl adjacent to an activating group) is 1. The number of sulfonamides is 1. The minimum absolute atomic E-state index is 0.0626. The maximum absolute atomic E-state index is 12.8. The van der Waals surface area contributed by atoms with Crippen molar-refractivity contribution in [2.75, 3.05) is 13.6 Å². The maximum atomic E-state index is 12.8. The molecule has 22 heavy (non-hydrogen) atoms. The van der Waals surface area contributed by atoms with Crippen molar-refractivity contribution in [1.29, 1.82) is 0 Å². The van der Waals surface area contributed by atoms with E-state index in [1.54, 1.807) is 11.9 Å². The van der Waals surface area contributed by atoms with Crippen molar-refractivity contribution in [2.24, 2.45) is 0 Å². The molecular formula is C15H18N2O3S2. The molecule has 1 atom stereocenters. The van der Waals surface area contributed by atoms with Crippen molar-refractivity contribution in [3.05, 3.63) is 29.1 Å². The Labute approximate surface area is 134 Å². The van der Waals surface area contributed by atoms with Crippen molar-refractivity contribution in [2.45, 2.75) is 30.7 Å². The molecule has 2 heterocycles. The first kappa shape index (κ1) is 15.5. The van der Waals surface area contributed by atoms with Gasteiger partial charge in [-0.3, -0.25) is 4.79 Å². The highest BCUT2D eigenvalue weighted by atomic mass is 32.2. The van der Waals surface area contributed by atoms with Gasteiger partial charge in [-0.15, -0.1) is 11.3 Å². The van der Waals surface area contributed by atoms with E-state index in [1.165, 1.54) is 11.3 Å². The molecule has 1 saturated heterocycles. The molecule has 1 aromatic heterocycles. The summed E-state index contributed by atoms with van der Waals surface area (Å²) in [7, 11) is -1.89. The number of thiophene rings is 1. The number of benzene rings is 1. The summed E-state index contributed by atoms with van der Waals surface area (Å²) in [4.78, 5) is 14.2. The number of nitrogens with one attached hydrogen (secondary N) is 1. The van der Waals surface area contributed by atoms with Crippen LogP contribution in [-0.2, 0) is 14.8 Å². The molecular weight excluding hydrogens is 320 g/mol. The van der Waals surface area contributed by atoms with Gasteiger partial charge in [0.05, 0.1) is 0 Å². The lowest BCUT2D eigenvalue weighted by molar-refractivity contribution is -0.132. The van der Waals surface area contributed by atoms with Crippen molar-refractivity contribution in [3.8, 4) is 0 Å². The van der Waals surface area contributed by atoms with Crippen LogP contribution in [0.15, 0.2) is 29.2 Å². The minimum atomic E-state index is -3.59. The number of aryl methyl sites for hydroxylation is 1. The van der Waals surface area contributed by atoms with Gasteiger partial charge in [0, 0.05) is 41.0 Å². The fourth-order valence-corrected chi connectivity index (χ4v) is 5.94. The number of piperidine rings is 1. The molecule has 1 aromatic carbocycles. The topological polar surface area (TPSA) is 66.5 Å². The molecule has 1 N–H and O–H groups in total. The first-order valence-corrected chi connectivity index (χ1v) is 9.43. The summed E-state index contributed by atoms with van der Waals surface area (Å²) in [5.74, 6) is 0.0626. The summed E-state index contributed by atoms with van der Waals surface area (Å²) in [6.45, 7) is 2.24. The molecule has 0 unspecified atom stereocenters. The Morgan fingerprint density at radius 1 is 1.32 bits per heavy atom. The fourth-order valence-electron chi connectivity index (χ4n) is 2.86. The van der Waals surface area contributed by atoms with Gasteiger partial charge in [-0.1, -0.05) is 18.2 Å². The zero-order valence-electron chi connectivity index (χ0n) is 12.5. The number of likely N-dealkylation sites (tertiary alicyclic amines) is 1. The third kappa shape index (κ3) is 2.76. The Kier molecular flexibility index (Phi) is 3.96. The van der Waals surface area contributed by atoms with E-state index in [0.29, 0.717) is 24.3 Å². The first-order chi connectivity index (χ1) is 10.4. The summed E-state index contributed by atoms with van der Waals surface area (Å²) in [5.41, 5.74) is 0. The lowest BCUT2D eigenvalue weighted by Gasteiger charge is -2.29. The largest absolute Gasteiger partial charge is 0.344 e. The van der Waals surface area contributed by atoms with E-state index >= 15 is 0 Å². The average molecular weight is 338 g/mol. The third-order valence-electron chi connectivity index (χ3n) is 3.93. The summed E-state index contributed by atoms with van der Waals surface area (Å²) in [5, 5.41) is 0.762. The van der Waals surface area contributed by atoms with Gasteiger partial charge < -0.3 is 4.90 Å². The Morgan fingerprint density at radius 3 is 2.77 bits per heavy atom. The number of nitrogens with zero attached hydrogens (tertiary/aromatic N) is 1. The molecule has 1 aliphatic rings. The van der Waals surface area contributed by atoms with Crippen LogP contribution in [0.4, 0.5) is 0 Å². The molecule has 1 aliphatic heterocycles. The minimum Gasteiger partial charge on any atom is -0.344 e. The number of carbonyl (C=O) groups is 1. The van der Waals surface area contributed by atoms with Gasteiger partial charge in [0.1, 0.15) is 4.90 Å². The molecule has 1 fully saturated rings. The SMILES string of the molecule is Cc1sc2ccccc2c1S(=O)(=O)N[C@@H]1CCC(=O)N(C)C1. The quantitative estimate of drug-likeness (QED) is 0.932. The smallest absolute Gasteiger partial charge is 0.242 e. The lowest BCUT2D eigenvalue weighted by atomic mass is 10.1. The molecule has 0 bridgehead atoms. The summed E-state index contributed by atoms with van der Waals surface area (Å²) >= 11 is 1.48. The number of hydrogen-bond acceptors (Lipinski definition) is 4. The highest BCUT2D eigenvalue weighted by molar-refractivity contribution is 7.90. The average Bonchev–Trinajstić information content (AvgIpc) is 2.79. The van der Waals surface area contributed by atoms with E-state index < -0.39 is 10.0 Å². The fraction of sp³-hybridized carbons (Fsp3) is 0.400. The predicted octanol–water partition coefficient (Wildman–Crippen LogP) is 2.11. The second-order valence-corrected chi connectivity index (χ2v) is 8.52. The summed E-state index contributed by atoms with van der Waals surface area (Å²) < 4.78 is 29.3. The Hall–Kier alpha value is -1.44. The summed E-state index contributed by atoms with van der Waals surface area (Å²) in [6, 6.07) is 7.29. The van der Waals surface area contributed by atoms with Crippen LogP contribution < -0.4 is 4.72 Å². The molecule has 2 aromatic rings. The number of amides is 1. The standard InChI is InChI=1S/C15H18N2O3S2/c1-10-15(12-5-3-4-6-13(12)21-10)22(19,20)16-11-7-8-14(18)17(2)9-11/h3-6,11,16H,7-9H2,1-2H3/t11-/m1/s1. The first-order valence-electron chi connectivity index (χ1n) is 7.13. The number of carbonyl (C=O) groups excluding carboxylic acids is 1. The molecule has 118 valence electrons. The van der Waals surface area contributed by atoms with Crippen molar-refractivity contribution < 1.29 is 13.2 Å². The maximum Gasteiger partial charge on any atom is 0.242 e. The molecule has 5 nitrogen and oxygen atoms in total. The van der Waals surface area contributed by atoms with E-state index in [2.05, 4.69) is 4.72 Å². The van der Waals surface area contributed by atoms with Crippen molar-refractivity contribution in [3.63, 3.8) is 0 Å². The van der Waals surface area contributed by atoms with E-state index in [0.717, 1.165) is 15.0 Å². The van der Waals surface area contributed by atoms with Crippen LogP contribution in [0.2, 0.25) is 0 Å². The lowest BCUT2D eigenvalue weighted by Crippen LogP contribution is -2.48. The van der Waals surface area contributed by atoms with Crippen molar-refractivity contribution >= 4 is 37.4 Å². The molecule has 3 rings (SSSR count). The molecule has 0 aliphatic carbocycles. The van der Waals surface area contributed by atoms with Crippen LogP contribution in [0, 0.1) is 6.92 Å².